The molecule has 2 atom stereocenters. The zero-order valence-corrected chi connectivity index (χ0v) is 10.3. The van der Waals surface area contributed by atoms with E-state index in [2.05, 4.69) is 0 Å². The van der Waals surface area contributed by atoms with E-state index in [9.17, 15) is 14.7 Å². The van der Waals surface area contributed by atoms with Gasteiger partial charge in [0.15, 0.2) is 0 Å². The number of aliphatic hydroxyl groups excluding tert-OH is 1. The van der Waals surface area contributed by atoms with Gasteiger partial charge in [-0.1, -0.05) is 0 Å². The molecule has 2 N–H and O–H groups in total. The van der Waals surface area contributed by atoms with E-state index in [-0.39, 0.29) is 19.5 Å². The van der Waals surface area contributed by atoms with Crippen molar-refractivity contribution in [2.24, 2.45) is 5.92 Å². The van der Waals surface area contributed by atoms with E-state index in [0.717, 1.165) is 0 Å². The van der Waals surface area contributed by atoms with Crippen molar-refractivity contribution < 1.29 is 24.5 Å². The fourth-order valence-electron chi connectivity index (χ4n) is 1.75. The van der Waals surface area contributed by atoms with Crippen molar-refractivity contribution in [2.75, 3.05) is 13.1 Å². The fourth-order valence-corrected chi connectivity index (χ4v) is 1.75. The molecule has 0 bridgehead atoms. The molecule has 0 saturated carbocycles. The molecule has 1 saturated heterocycles. The number of aliphatic carboxylic acids is 1. The van der Waals surface area contributed by atoms with Crippen LogP contribution in [0, 0.1) is 5.92 Å². The molecule has 0 aliphatic carbocycles. The van der Waals surface area contributed by atoms with Gasteiger partial charge in [0.2, 0.25) is 0 Å². The second kappa shape index (κ2) is 4.91. The van der Waals surface area contributed by atoms with Crippen LogP contribution in [0.25, 0.3) is 0 Å². The van der Waals surface area contributed by atoms with Crippen LogP contribution >= 0.6 is 0 Å². The Kier molecular flexibility index (Phi) is 3.98. The Hall–Kier alpha value is -1.30. The molecule has 0 spiro atoms. The average molecular weight is 245 g/mol. The quantitative estimate of drug-likeness (QED) is 0.747. The molecule has 0 aromatic rings. The third-order valence-corrected chi connectivity index (χ3v) is 2.49. The number of carboxylic acid groups (broad SMARTS) is 1. The highest BCUT2D eigenvalue weighted by molar-refractivity contribution is 5.70. The summed E-state index contributed by atoms with van der Waals surface area (Å²) in [6, 6.07) is 0. The van der Waals surface area contributed by atoms with Gasteiger partial charge in [0, 0.05) is 12.5 Å². The number of β-amino-alcohol motifs (C(OH)–C–C–N with tert-alkyl or cyclic N) is 1. The van der Waals surface area contributed by atoms with Crippen LogP contribution < -0.4 is 0 Å². The second-order valence-corrected chi connectivity index (χ2v) is 5.31. The number of nitrogens with zero attached hydrogens (tertiary/aromatic N) is 1. The number of hydrogen-bond donors (Lipinski definition) is 2. The lowest BCUT2D eigenvalue weighted by molar-refractivity contribution is -0.138. The van der Waals surface area contributed by atoms with Crippen LogP contribution in [0.3, 0.4) is 0 Å². The monoisotopic (exact) mass is 245 g/mol. The lowest BCUT2D eigenvalue weighted by Crippen LogP contribution is -2.35. The second-order valence-electron chi connectivity index (χ2n) is 5.31. The van der Waals surface area contributed by atoms with E-state index in [1.54, 1.807) is 20.8 Å². The van der Waals surface area contributed by atoms with Gasteiger partial charge in [0.05, 0.1) is 19.1 Å². The molecule has 6 nitrogen and oxygen atoms in total. The summed E-state index contributed by atoms with van der Waals surface area (Å²) in [7, 11) is 0. The number of aliphatic hydroxyl groups is 1. The third-order valence-electron chi connectivity index (χ3n) is 2.49. The van der Waals surface area contributed by atoms with E-state index >= 15 is 0 Å². The molecule has 1 fully saturated rings. The van der Waals surface area contributed by atoms with E-state index in [4.69, 9.17) is 9.84 Å². The van der Waals surface area contributed by atoms with Gasteiger partial charge >= 0.3 is 12.1 Å². The molecule has 1 aliphatic rings. The maximum atomic E-state index is 11.7. The molecule has 1 heterocycles. The number of carbonyl (C=O) groups is 2. The van der Waals surface area contributed by atoms with Crippen molar-refractivity contribution in [2.45, 2.75) is 38.9 Å². The standard InChI is InChI=1S/C11H19NO5/c1-11(2,3)17-10(16)12-5-7(4-9(14)15)8(13)6-12/h7-8,13H,4-6H2,1-3H3,(H,14,15)/t7-,8-/m1/s1. The first-order valence-corrected chi connectivity index (χ1v) is 5.57. The summed E-state index contributed by atoms with van der Waals surface area (Å²) in [4.78, 5) is 23.6. The van der Waals surface area contributed by atoms with Crippen LogP contribution in [-0.4, -0.2) is 52.0 Å². The molecular formula is C11H19NO5. The number of carboxylic acids is 1. The van der Waals surface area contributed by atoms with Gasteiger partial charge < -0.3 is 19.8 Å². The van der Waals surface area contributed by atoms with Crippen molar-refractivity contribution >= 4 is 12.1 Å². The molecule has 0 aromatic carbocycles. The average Bonchev–Trinajstić information content (AvgIpc) is 2.44. The van der Waals surface area contributed by atoms with Gasteiger partial charge in [-0.15, -0.1) is 0 Å². The Morgan fingerprint density at radius 1 is 1.35 bits per heavy atom. The first-order valence-electron chi connectivity index (χ1n) is 5.57. The van der Waals surface area contributed by atoms with E-state index < -0.39 is 29.7 Å². The summed E-state index contributed by atoms with van der Waals surface area (Å²) in [6.45, 7) is 5.62. The number of hydrogen-bond acceptors (Lipinski definition) is 4. The summed E-state index contributed by atoms with van der Waals surface area (Å²) in [5.74, 6) is -1.39. The Morgan fingerprint density at radius 2 is 1.94 bits per heavy atom. The summed E-state index contributed by atoms with van der Waals surface area (Å²) >= 11 is 0. The largest absolute Gasteiger partial charge is 0.481 e. The van der Waals surface area contributed by atoms with Crippen LogP contribution in [0.15, 0.2) is 0 Å². The van der Waals surface area contributed by atoms with E-state index in [1.165, 1.54) is 4.90 Å². The van der Waals surface area contributed by atoms with Gasteiger partial charge in [0.1, 0.15) is 5.60 Å². The molecule has 0 unspecified atom stereocenters. The van der Waals surface area contributed by atoms with Crippen molar-refractivity contribution in [1.82, 2.24) is 4.90 Å². The van der Waals surface area contributed by atoms with Crippen LogP contribution in [0.2, 0.25) is 0 Å². The highest BCUT2D eigenvalue weighted by Crippen LogP contribution is 2.22. The predicted molar refractivity (Wildman–Crippen MR) is 59.6 cm³/mol. The lowest BCUT2D eigenvalue weighted by atomic mass is 10.0. The summed E-state index contributed by atoms with van der Waals surface area (Å²) in [5, 5.41) is 18.3. The van der Waals surface area contributed by atoms with Crippen molar-refractivity contribution in [3.63, 3.8) is 0 Å². The number of amides is 1. The highest BCUT2D eigenvalue weighted by Gasteiger charge is 2.37. The molecule has 98 valence electrons. The lowest BCUT2D eigenvalue weighted by Gasteiger charge is -2.24. The molecule has 1 aliphatic heterocycles. The van der Waals surface area contributed by atoms with E-state index in [0.29, 0.717) is 0 Å². The molecule has 0 aromatic heterocycles. The molecular weight excluding hydrogens is 226 g/mol. The summed E-state index contributed by atoms with van der Waals surface area (Å²) in [6.07, 6.45) is -1.44. The number of ether oxygens (including phenoxy) is 1. The SMILES string of the molecule is CC(C)(C)OC(=O)N1C[C@@H](CC(=O)O)[C@H](O)C1. The Balaban J connectivity index is 2.53. The van der Waals surface area contributed by atoms with Crippen LogP contribution in [0.5, 0.6) is 0 Å². The Bertz CT molecular complexity index is 309. The minimum atomic E-state index is -0.972. The fraction of sp³-hybridized carbons (Fsp3) is 0.818. The van der Waals surface area contributed by atoms with Crippen LogP contribution in [-0.2, 0) is 9.53 Å². The maximum absolute atomic E-state index is 11.7. The van der Waals surface area contributed by atoms with Crippen molar-refractivity contribution in [3.05, 3.63) is 0 Å². The van der Waals surface area contributed by atoms with Gasteiger partial charge in [-0.3, -0.25) is 4.79 Å². The van der Waals surface area contributed by atoms with E-state index in [1.807, 2.05) is 0 Å². The third kappa shape index (κ3) is 4.22. The first kappa shape index (κ1) is 13.8. The zero-order valence-electron chi connectivity index (χ0n) is 10.3. The van der Waals surface area contributed by atoms with Crippen molar-refractivity contribution in [3.8, 4) is 0 Å². The normalized spacial score (nSPS) is 24.8. The minimum absolute atomic E-state index is 0.132. The van der Waals surface area contributed by atoms with Crippen molar-refractivity contribution in [1.29, 1.82) is 0 Å². The topological polar surface area (TPSA) is 87.1 Å². The summed E-state index contributed by atoms with van der Waals surface area (Å²) < 4.78 is 5.15. The molecule has 17 heavy (non-hydrogen) atoms. The van der Waals surface area contributed by atoms with Gasteiger partial charge in [-0.2, -0.15) is 0 Å². The smallest absolute Gasteiger partial charge is 0.410 e. The van der Waals surface area contributed by atoms with Crippen LogP contribution in [0.4, 0.5) is 4.79 Å². The van der Waals surface area contributed by atoms with Gasteiger partial charge in [0.25, 0.3) is 0 Å². The summed E-state index contributed by atoms with van der Waals surface area (Å²) in [5.41, 5.74) is -0.590. The zero-order chi connectivity index (χ0) is 13.2. The van der Waals surface area contributed by atoms with Gasteiger partial charge in [-0.05, 0) is 20.8 Å². The molecule has 1 rings (SSSR count). The van der Waals surface area contributed by atoms with Gasteiger partial charge in [-0.25, -0.2) is 4.79 Å². The minimum Gasteiger partial charge on any atom is -0.481 e. The molecule has 1 amide bonds. The first-order chi connectivity index (χ1) is 7.69. The molecule has 0 radical (unpaired) electrons. The molecule has 6 heteroatoms. The number of likely N-dealkylation sites (tertiary alicyclic amines) is 1. The predicted octanol–water partition coefficient (Wildman–Crippen LogP) is 0.689. The number of rotatable bonds is 2. The highest BCUT2D eigenvalue weighted by atomic mass is 16.6. The Morgan fingerprint density at radius 3 is 2.41 bits per heavy atom. The number of carbonyl (C=O) groups excluding carboxylic acids is 1. The Labute approximate surface area is 100 Å². The van der Waals surface area contributed by atoms with Crippen LogP contribution in [0.1, 0.15) is 27.2 Å². The maximum Gasteiger partial charge on any atom is 0.410 e.